The molecule has 2 N–H and O–H groups in total. The Kier molecular flexibility index (Phi) is 6.69. The van der Waals surface area contributed by atoms with Crippen LogP contribution in [0.2, 0.25) is 0 Å². The number of hydrogen-bond acceptors (Lipinski definition) is 7. The molecule has 0 aliphatic rings. The summed E-state index contributed by atoms with van der Waals surface area (Å²) in [6.07, 6.45) is 3.59. The van der Waals surface area contributed by atoms with E-state index in [0.29, 0.717) is 39.5 Å². The molecule has 1 unspecified atom stereocenters. The van der Waals surface area contributed by atoms with Gasteiger partial charge in [0, 0.05) is 5.56 Å². The van der Waals surface area contributed by atoms with Gasteiger partial charge < -0.3 is 14.9 Å². The molecule has 5 aromatic rings. The van der Waals surface area contributed by atoms with Gasteiger partial charge in [0.2, 0.25) is 5.43 Å². The Morgan fingerprint density at radius 2 is 1.97 bits per heavy atom. The number of benzene rings is 2. The number of ether oxygens (including phenoxy) is 1. The molecule has 0 saturated carbocycles. The summed E-state index contributed by atoms with van der Waals surface area (Å²) in [4.78, 5) is 22.2. The summed E-state index contributed by atoms with van der Waals surface area (Å²) in [5, 5.41) is 5.43. The SMILES string of the molecule is C=c1oc(C(C)n2nc(-c3ccc(OC)c(F)c3)c3c(N)ncnc32)c(-c2cccc(F)c2)c(=O)c1=CCC. The number of fused-ring (bicyclic) bond motifs is 1. The van der Waals surface area contributed by atoms with Crippen molar-refractivity contribution in [2.24, 2.45) is 0 Å². The molecule has 1 atom stereocenters. The highest BCUT2D eigenvalue weighted by atomic mass is 19.1. The molecule has 2 aromatic carbocycles. The maximum Gasteiger partial charge on any atom is 0.200 e. The van der Waals surface area contributed by atoms with E-state index in [4.69, 9.17) is 20.0 Å². The van der Waals surface area contributed by atoms with Gasteiger partial charge in [-0.15, -0.1) is 0 Å². The molecule has 3 heterocycles. The van der Waals surface area contributed by atoms with Gasteiger partial charge in [0.25, 0.3) is 0 Å². The van der Waals surface area contributed by atoms with Crippen LogP contribution in [0.5, 0.6) is 5.75 Å². The number of anilines is 1. The molecule has 0 amide bonds. The van der Waals surface area contributed by atoms with Crippen molar-refractivity contribution >= 4 is 29.5 Å². The molecule has 3 aromatic heterocycles. The number of nitrogens with zero attached hydrogens (tertiary/aromatic N) is 4. The van der Waals surface area contributed by atoms with E-state index in [9.17, 15) is 13.6 Å². The quantitative estimate of drug-likeness (QED) is 0.351. The third-order valence-electron chi connectivity index (χ3n) is 6.46. The van der Waals surface area contributed by atoms with Gasteiger partial charge in [-0.2, -0.15) is 5.10 Å². The Labute approximate surface area is 221 Å². The largest absolute Gasteiger partial charge is 0.494 e. The molecule has 0 spiro atoms. The molecule has 0 radical (unpaired) electrons. The van der Waals surface area contributed by atoms with Gasteiger partial charge >= 0.3 is 0 Å². The lowest BCUT2D eigenvalue weighted by molar-refractivity contribution is 0.386. The number of hydrogen-bond donors (Lipinski definition) is 1. The fourth-order valence-electron chi connectivity index (χ4n) is 4.63. The summed E-state index contributed by atoms with van der Waals surface area (Å²) in [5.74, 6) is -0.655. The maximum absolute atomic E-state index is 14.6. The number of halogens is 2. The van der Waals surface area contributed by atoms with Gasteiger partial charge in [-0.1, -0.05) is 31.7 Å². The Morgan fingerprint density at radius 3 is 2.67 bits per heavy atom. The van der Waals surface area contributed by atoms with E-state index in [0.717, 1.165) is 0 Å². The fraction of sp³-hybridized carbons (Fsp3) is 0.172. The average molecular weight is 530 g/mol. The highest BCUT2D eigenvalue weighted by molar-refractivity contribution is 5.98. The van der Waals surface area contributed by atoms with Crippen molar-refractivity contribution in [3.8, 4) is 28.1 Å². The fourth-order valence-corrected chi connectivity index (χ4v) is 4.63. The van der Waals surface area contributed by atoms with Crippen molar-refractivity contribution in [2.45, 2.75) is 26.3 Å². The summed E-state index contributed by atoms with van der Waals surface area (Å²) < 4.78 is 41.6. The molecule has 0 aliphatic heterocycles. The molecule has 0 aliphatic carbocycles. The van der Waals surface area contributed by atoms with E-state index in [2.05, 4.69) is 16.5 Å². The van der Waals surface area contributed by atoms with Gasteiger partial charge in [-0.25, -0.2) is 23.4 Å². The van der Waals surface area contributed by atoms with Crippen molar-refractivity contribution in [3.63, 3.8) is 0 Å². The third kappa shape index (κ3) is 4.43. The summed E-state index contributed by atoms with van der Waals surface area (Å²) in [5.41, 5.74) is 7.67. The van der Waals surface area contributed by atoms with Gasteiger partial charge in [-0.05, 0) is 49.2 Å². The van der Waals surface area contributed by atoms with Crippen LogP contribution in [-0.2, 0) is 0 Å². The molecular formula is C29H25F2N5O3. The second-order valence-electron chi connectivity index (χ2n) is 8.91. The first kappa shape index (κ1) is 25.8. The third-order valence-corrected chi connectivity index (χ3v) is 6.46. The predicted octanol–water partition coefficient (Wildman–Crippen LogP) is 4.19. The topological polar surface area (TPSA) is 109 Å². The standard InChI is InChI=1S/C29H25F2N5O3/c1-5-7-20-16(3)39-27(23(26(20)37)17-8-6-9-19(30)12-17)15(2)36-29-24(28(32)33-14-34-29)25(35-36)18-10-11-22(38-4)21(31)13-18/h6-15H,3,5H2,1-2,4H3,(H2,32,33,34). The van der Waals surface area contributed by atoms with Gasteiger partial charge in [-0.3, -0.25) is 4.79 Å². The van der Waals surface area contributed by atoms with Crippen molar-refractivity contribution in [2.75, 3.05) is 12.8 Å². The molecule has 0 fully saturated rings. The number of nitrogens with two attached hydrogens (primary N) is 1. The van der Waals surface area contributed by atoms with Gasteiger partial charge in [0.1, 0.15) is 40.9 Å². The molecule has 39 heavy (non-hydrogen) atoms. The average Bonchev–Trinajstić information content (AvgIpc) is 3.31. The van der Waals surface area contributed by atoms with Crippen LogP contribution in [0.3, 0.4) is 0 Å². The van der Waals surface area contributed by atoms with Crippen molar-refractivity contribution in [1.29, 1.82) is 0 Å². The Bertz CT molecular complexity index is 1900. The van der Waals surface area contributed by atoms with E-state index in [1.54, 1.807) is 25.1 Å². The number of aromatic nitrogens is 4. The number of nitrogen functional groups attached to an aromatic ring is 1. The first-order valence-corrected chi connectivity index (χ1v) is 12.2. The smallest absolute Gasteiger partial charge is 0.200 e. The van der Waals surface area contributed by atoms with Crippen LogP contribution in [0, 0.1) is 11.6 Å². The molecule has 8 nitrogen and oxygen atoms in total. The van der Waals surface area contributed by atoms with Crippen molar-refractivity contribution < 1.29 is 17.9 Å². The summed E-state index contributed by atoms with van der Waals surface area (Å²) in [6, 6.07) is 9.40. The number of rotatable bonds is 6. The van der Waals surface area contributed by atoms with E-state index in [1.807, 2.05) is 6.92 Å². The van der Waals surface area contributed by atoms with Crippen molar-refractivity contribution in [3.05, 3.63) is 87.0 Å². The lowest BCUT2D eigenvalue weighted by Gasteiger charge is -2.16. The number of methoxy groups -OCH3 is 1. The summed E-state index contributed by atoms with van der Waals surface area (Å²) >= 11 is 0. The van der Waals surface area contributed by atoms with Crippen LogP contribution in [-0.4, -0.2) is 26.9 Å². The van der Waals surface area contributed by atoms with Crippen LogP contribution in [0.15, 0.2) is 58.0 Å². The van der Waals surface area contributed by atoms with Crippen LogP contribution < -0.4 is 26.5 Å². The minimum Gasteiger partial charge on any atom is -0.494 e. The first-order valence-electron chi connectivity index (χ1n) is 12.2. The normalized spacial score (nSPS) is 12.7. The minimum absolute atomic E-state index is 0.0773. The Hall–Kier alpha value is -4.86. The van der Waals surface area contributed by atoms with Crippen LogP contribution in [0.4, 0.5) is 14.6 Å². The van der Waals surface area contributed by atoms with E-state index in [-0.39, 0.29) is 33.7 Å². The Morgan fingerprint density at radius 1 is 1.18 bits per heavy atom. The second-order valence-corrected chi connectivity index (χ2v) is 8.91. The highest BCUT2D eigenvalue weighted by Gasteiger charge is 2.26. The molecule has 0 saturated heterocycles. The Balaban J connectivity index is 1.80. The molecule has 198 valence electrons. The zero-order chi connectivity index (χ0) is 27.8. The van der Waals surface area contributed by atoms with E-state index >= 15 is 0 Å². The van der Waals surface area contributed by atoms with Gasteiger partial charge in [0.15, 0.2) is 17.2 Å². The summed E-state index contributed by atoms with van der Waals surface area (Å²) in [7, 11) is 1.38. The van der Waals surface area contributed by atoms with E-state index in [1.165, 1.54) is 48.5 Å². The summed E-state index contributed by atoms with van der Waals surface area (Å²) in [6.45, 7) is 7.59. The second kappa shape index (κ2) is 10.1. The van der Waals surface area contributed by atoms with Crippen molar-refractivity contribution in [1.82, 2.24) is 19.7 Å². The first-order chi connectivity index (χ1) is 18.7. The molecule has 0 bridgehead atoms. The molecule has 5 rings (SSSR count). The zero-order valence-electron chi connectivity index (χ0n) is 21.5. The molecular weight excluding hydrogens is 504 g/mol. The zero-order valence-corrected chi connectivity index (χ0v) is 21.5. The molecule has 10 heteroatoms. The van der Waals surface area contributed by atoms with Gasteiger partial charge in [0.05, 0.1) is 23.3 Å². The minimum atomic E-state index is -0.735. The van der Waals surface area contributed by atoms with E-state index < -0.39 is 17.7 Å². The van der Waals surface area contributed by atoms with Crippen LogP contribution >= 0.6 is 0 Å². The highest BCUT2D eigenvalue weighted by Crippen LogP contribution is 2.35. The predicted molar refractivity (Wildman–Crippen MR) is 145 cm³/mol. The monoisotopic (exact) mass is 529 g/mol. The lowest BCUT2D eigenvalue weighted by atomic mass is 10.00. The van der Waals surface area contributed by atoms with Crippen LogP contribution in [0.1, 0.15) is 32.1 Å². The maximum atomic E-state index is 14.6. The van der Waals surface area contributed by atoms with Crippen LogP contribution in [0.25, 0.3) is 46.1 Å². The lowest BCUT2D eigenvalue weighted by Crippen LogP contribution is -2.40.